The second kappa shape index (κ2) is 9.06. The van der Waals surface area contributed by atoms with Gasteiger partial charge < -0.3 is 10.1 Å². The topological polar surface area (TPSA) is 58.6 Å². The van der Waals surface area contributed by atoms with Crippen LogP contribution in [-0.4, -0.2) is 16.8 Å². The SMILES string of the molecule is Cc1ccc(CN2C(=O)N/C(=C/c3ccccc3OCc3ccc(Cl)cc3)C2=O)cc1. The summed E-state index contributed by atoms with van der Waals surface area (Å²) >= 11 is 5.93. The van der Waals surface area contributed by atoms with Crippen molar-refractivity contribution >= 4 is 29.6 Å². The molecule has 1 saturated heterocycles. The van der Waals surface area contributed by atoms with Gasteiger partial charge in [0.15, 0.2) is 0 Å². The first-order valence-electron chi connectivity index (χ1n) is 9.86. The van der Waals surface area contributed by atoms with Gasteiger partial charge in [-0.15, -0.1) is 0 Å². The van der Waals surface area contributed by atoms with Gasteiger partial charge in [-0.3, -0.25) is 9.69 Å². The van der Waals surface area contributed by atoms with E-state index >= 15 is 0 Å². The van der Waals surface area contributed by atoms with Gasteiger partial charge in [0.05, 0.1) is 6.54 Å². The zero-order valence-electron chi connectivity index (χ0n) is 17.0. The van der Waals surface area contributed by atoms with Crippen LogP contribution in [0.15, 0.2) is 78.5 Å². The minimum atomic E-state index is -0.434. The number of benzene rings is 3. The monoisotopic (exact) mass is 432 g/mol. The molecule has 31 heavy (non-hydrogen) atoms. The third kappa shape index (κ3) is 4.95. The van der Waals surface area contributed by atoms with Crippen LogP contribution in [0.2, 0.25) is 5.02 Å². The van der Waals surface area contributed by atoms with Crippen molar-refractivity contribution in [2.24, 2.45) is 0 Å². The zero-order valence-corrected chi connectivity index (χ0v) is 17.7. The first-order chi connectivity index (χ1) is 15.0. The number of nitrogens with one attached hydrogen (secondary N) is 1. The number of para-hydroxylation sites is 1. The van der Waals surface area contributed by atoms with E-state index in [1.165, 1.54) is 4.90 Å². The number of nitrogens with zero attached hydrogens (tertiary/aromatic N) is 1. The fourth-order valence-electron chi connectivity index (χ4n) is 3.22. The molecule has 0 aliphatic carbocycles. The standard InChI is InChI=1S/C25H21ClN2O3/c1-17-6-8-18(9-7-17)15-28-24(29)22(27-25(28)30)14-20-4-2-3-5-23(20)31-16-19-10-12-21(26)13-11-19/h2-14H,15-16H2,1H3,(H,27,30)/b22-14+. The van der Waals surface area contributed by atoms with Gasteiger partial charge in [0, 0.05) is 10.6 Å². The van der Waals surface area contributed by atoms with Crippen LogP contribution >= 0.6 is 11.6 Å². The molecule has 1 N–H and O–H groups in total. The van der Waals surface area contributed by atoms with Crippen LogP contribution in [0.1, 0.15) is 22.3 Å². The summed E-state index contributed by atoms with van der Waals surface area (Å²) in [6, 6.07) is 22.1. The van der Waals surface area contributed by atoms with Crippen LogP contribution in [0.4, 0.5) is 4.79 Å². The molecule has 6 heteroatoms. The van der Waals surface area contributed by atoms with E-state index < -0.39 is 6.03 Å². The van der Waals surface area contributed by atoms with E-state index in [-0.39, 0.29) is 18.1 Å². The molecule has 3 amide bonds. The van der Waals surface area contributed by atoms with Crippen LogP contribution < -0.4 is 10.1 Å². The molecule has 0 spiro atoms. The van der Waals surface area contributed by atoms with E-state index in [4.69, 9.17) is 16.3 Å². The number of urea groups is 1. The number of hydrogen-bond acceptors (Lipinski definition) is 3. The molecule has 0 atom stereocenters. The van der Waals surface area contributed by atoms with E-state index in [1.54, 1.807) is 6.08 Å². The Kier molecular flexibility index (Phi) is 6.05. The van der Waals surface area contributed by atoms with E-state index in [9.17, 15) is 9.59 Å². The number of imide groups is 1. The Morgan fingerprint density at radius 2 is 1.61 bits per heavy atom. The molecule has 3 aromatic carbocycles. The van der Waals surface area contributed by atoms with E-state index in [0.717, 1.165) is 16.7 Å². The molecule has 1 heterocycles. The van der Waals surface area contributed by atoms with Gasteiger partial charge in [-0.25, -0.2) is 4.79 Å². The van der Waals surface area contributed by atoms with Crippen LogP contribution in [-0.2, 0) is 17.9 Å². The highest BCUT2D eigenvalue weighted by molar-refractivity contribution is 6.30. The van der Waals surface area contributed by atoms with Gasteiger partial charge in [0.2, 0.25) is 0 Å². The van der Waals surface area contributed by atoms with Crippen molar-refractivity contribution in [3.63, 3.8) is 0 Å². The highest BCUT2D eigenvalue weighted by Crippen LogP contribution is 2.24. The number of aryl methyl sites for hydroxylation is 1. The summed E-state index contributed by atoms with van der Waals surface area (Å²) in [5.41, 5.74) is 3.91. The third-order valence-corrected chi connectivity index (χ3v) is 5.20. The summed E-state index contributed by atoms with van der Waals surface area (Å²) in [7, 11) is 0. The van der Waals surface area contributed by atoms with Gasteiger partial charge in [-0.2, -0.15) is 0 Å². The number of rotatable bonds is 6. The molecule has 0 saturated carbocycles. The summed E-state index contributed by atoms with van der Waals surface area (Å²) in [5.74, 6) is 0.252. The summed E-state index contributed by atoms with van der Waals surface area (Å²) < 4.78 is 5.94. The number of ether oxygens (including phenoxy) is 1. The average molecular weight is 433 g/mol. The summed E-state index contributed by atoms with van der Waals surface area (Å²) in [4.78, 5) is 26.4. The second-order valence-electron chi connectivity index (χ2n) is 7.32. The lowest BCUT2D eigenvalue weighted by molar-refractivity contribution is -0.123. The highest BCUT2D eigenvalue weighted by Gasteiger charge is 2.33. The Bertz CT molecular complexity index is 1140. The Balaban J connectivity index is 1.50. The average Bonchev–Trinajstić information content (AvgIpc) is 3.03. The van der Waals surface area contributed by atoms with Crippen molar-refractivity contribution in [3.8, 4) is 5.75 Å². The summed E-state index contributed by atoms with van der Waals surface area (Å²) in [6.45, 7) is 2.57. The number of carbonyl (C=O) groups is 2. The fraction of sp³-hybridized carbons (Fsp3) is 0.120. The Morgan fingerprint density at radius 3 is 2.35 bits per heavy atom. The minimum Gasteiger partial charge on any atom is -0.488 e. The Hall–Kier alpha value is -3.57. The predicted molar refractivity (Wildman–Crippen MR) is 120 cm³/mol. The van der Waals surface area contributed by atoms with Crippen molar-refractivity contribution in [3.05, 3.63) is 106 Å². The maximum Gasteiger partial charge on any atom is 0.329 e. The van der Waals surface area contributed by atoms with Crippen molar-refractivity contribution in [2.45, 2.75) is 20.1 Å². The van der Waals surface area contributed by atoms with Crippen molar-refractivity contribution in [1.82, 2.24) is 10.2 Å². The normalized spacial score (nSPS) is 14.8. The molecule has 0 aromatic heterocycles. The van der Waals surface area contributed by atoms with Crippen LogP contribution in [0.25, 0.3) is 6.08 Å². The van der Waals surface area contributed by atoms with Crippen molar-refractivity contribution in [2.75, 3.05) is 0 Å². The smallest absolute Gasteiger partial charge is 0.329 e. The molecule has 0 bridgehead atoms. The number of carbonyl (C=O) groups excluding carboxylic acids is 2. The van der Waals surface area contributed by atoms with Gasteiger partial charge in [0.1, 0.15) is 18.1 Å². The molecular weight excluding hydrogens is 412 g/mol. The number of hydrogen-bond donors (Lipinski definition) is 1. The molecule has 0 radical (unpaired) electrons. The lowest BCUT2D eigenvalue weighted by atomic mass is 10.1. The van der Waals surface area contributed by atoms with Gasteiger partial charge in [-0.1, -0.05) is 71.8 Å². The molecule has 4 rings (SSSR count). The second-order valence-corrected chi connectivity index (χ2v) is 7.75. The van der Waals surface area contributed by atoms with Gasteiger partial charge in [0.25, 0.3) is 5.91 Å². The largest absolute Gasteiger partial charge is 0.488 e. The van der Waals surface area contributed by atoms with Crippen molar-refractivity contribution in [1.29, 1.82) is 0 Å². The number of amides is 3. The first-order valence-corrected chi connectivity index (χ1v) is 10.2. The molecular formula is C25H21ClN2O3. The van der Waals surface area contributed by atoms with E-state index in [1.807, 2.05) is 79.7 Å². The molecule has 1 fully saturated rings. The Morgan fingerprint density at radius 1 is 0.935 bits per heavy atom. The van der Waals surface area contributed by atoms with Crippen LogP contribution in [0.3, 0.4) is 0 Å². The van der Waals surface area contributed by atoms with E-state index in [0.29, 0.717) is 22.9 Å². The first kappa shape index (κ1) is 20.7. The van der Waals surface area contributed by atoms with Crippen LogP contribution in [0, 0.1) is 6.92 Å². The van der Waals surface area contributed by atoms with Crippen LogP contribution in [0.5, 0.6) is 5.75 Å². The summed E-state index contributed by atoms with van der Waals surface area (Å²) in [6.07, 6.45) is 1.65. The maximum atomic E-state index is 12.8. The maximum absolute atomic E-state index is 12.8. The highest BCUT2D eigenvalue weighted by atomic mass is 35.5. The number of halogens is 1. The molecule has 1 aliphatic heterocycles. The quantitative estimate of drug-likeness (QED) is 0.423. The van der Waals surface area contributed by atoms with Gasteiger partial charge >= 0.3 is 6.03 Å². The molecule has 0 unspecified atom stereocenters. The van der Waals surface area contributed by atoms with Crippen molar-refractivity contribution < 1.29 is 14.3 Å². The summed E-state index contributed by atoms with van der Waals surface area (Å²) in [5, 5.41) is 3.34. The molecule has 5 nitrogen and oxygen atoms in total. The fourth-order valence-corrected chi connectivity index (χ4v) is 3.35. The lowest BCUT2D eigenvalue weighted by Crippen LogP contribution is -2.30. The van der Waals surface area contributed by atoms with E-state index in [2.05, 4.69) is 5.32 Å². The molecule has 156 valence electrons. The van der Waals surface area contributed by atoms with Gasteiger partial charge in [-0.05, 0) is 42.3 Å². The zero-order chi connectivity index (χ0) is 21.8. The predicted octanol–water partition coefficient (Wildman–Crippen LogP) is 5.32. The molecule has 3 aromatic rings. The Labute approximate surface area is 185 Å². The minimum absolute atomic E-state index is 0.219. The molecule has 1 aliphatic rings. The lowest BCUT2D eigenvalue weighted by Gasteiger charge is -2.12. The third-order valence-electron chi connectivity index (χ3n) is 4.95.